The lowest BCUT2D eigenvalue weighted by Gasteiger charge is -2.23. The topological polar surface area (TPSA) is 100 Å². The van der Waals surface area contributed by atoms with Crippen LogP contribution in [-0.2, 0) is 27.3 Å². The largest absolute Gasteiger partial charge is 0.444 e. The maximum atomic E-state index is 12.7. The van der Waals surface area contributed by atoms with Crippen molar-refractivity contribution in [2.24, 2.45) is 0 Å². The van der Waals surface area contributed by atoms with Gasteiger partial charge in [-0.25, -0.2) is 4.79 Å². The Morgan fingerprint density at radius 3 is 2.32 bits per heavy atom. The van der Waals surface area contributed by atoms with Gasteiger partial charge in [0.05, 0.1) is 24.8 Å². The number of alkyl carbamates (subject to hydrolysis) is 1. The van der Waals surface area contributed by atoms with E-state index in [-0.39, 0.29) is 5.91 Å². The van der Waals surface area contributed by atoms with Gasteiger partial charge in [0, 0.05) is 13.0 Å². The van der Waals surface area contributed by atoms with Gasteiger partial charge in [-0.3, -0.25) is 4.79 Å². The van der Waals surface area contributed by atoms with Crippen molar-refractivity contribution in [2.75, 3.05) is 13.2 Å². The lowest BCUT2D eigenvalue weighted by atomic mass is 10.1. The minimum Gasteiger partial charge on any atom is -0.444 e. The third-order valence-corrected chi connectivity index (χ3v) is 4.19. The van der Waals surface area contributed by atoms with Crippen molar-refractivity contribution < 1.29 is 19.1 Å². The molecule has 0 unspecified atom stereocenters. The molecule has 7 heteroatoms. The fourth-order valence-corrected chi connectivity index (χ4v) is 2.74. The van der Waals surface area contributed by atoms with Gasteiger partial charge in [-0.15, -0.1) is 0 Å². The van der Waals surface area contributed by atoms with Gasteiger partial charge in [-0.1, -0.05) is 42.5 Å². The van der Waals surface area contributed by atoms with Gasteiger partial charge in [0.1, 0.15) is 11.6 Å². The van der Waals surface area contributed by atoms with Crippen molar-refractivity contribution >= 4 is 12.0 Å². The number of nitrogens with one attached hydrogen (secondary N) is 2. The summed E-state index contributed by atoms with van der Waals surface area (Å²) in [6.07, 6.45) is -0.293. The van der Waals surface area contributed by atoms with Crippen LogP contribution < -0.4 is 10.6 Å². The first kappa shape index (κ1) is 23.9. The average molecular weight is 424 g/mol. The first-order valence-corrected chi connectivity index (χ1v) is 10.1. The Bertz CT molecular complexity index is 884. The zero-order valence-electron chi connectivity index (χ0n) is 18.2. The van der Waals surface area contributed by atoms with Crippen LogP contribution in [0.3, 0.4) is 0 Å². The fraction of sp³-hybridized carbons (Fsp3) is 0.375. The van der Waals surface area contributed by atoms with Crippen LogP contribution in [0.2, 0.25) is 0 Å². The van der Waals surface area contributed by atoms with Gasteiger partial charge in [0.15, 0.2) is 0 Å². The highest BCUT2D eigenvalue weighted by Crippen LogP contribution is 2.09. The summed E-state index contributed by atoms with van der Waals surface area (Å²) in [7, 11) is 0. The number of hydrogen-bond donors (Lipinski definition) is 2. The van der Waals surface area contributed by atoms with Crippen molar-refractivity contribution in [2.45, 2.75) is 45.4 Å². The van der Waals surface area contributed by atoms with E-state index in [4.69, 9.17) is 14.7 Å². The van der Waals surface area contributed by atoms with Gasteiger partial charge < -0.3 is 20.1 Å². The molecule has 0 heterocycles. The molecule has 0 aromatic heterocycles. The number of nitrogens with zero attached hydrogens (tertiary/aromatic N) is 1. The smallest absolute Gasteiger partial charge is 0.408 e. The van der Waals surface area contributed by atoms with Crippen LogP contribution >= 0.6 is 0 Å². The predicted octanol–water partition coefficient (Wildman–Crippen LogP) is 3.33. The quantitative estimate of drug-likeness (QED) is 0.603. The minimum absolute atomic E-state index is 0.302. The highest BCUT2D eigenvalue weighted by atomic mass is 16.6. The van der Waals surface area contributed by atoms with Gasteiger partial charge in [-0.2, -0.15) is 5.26 Å². The first-order chi connectivity index (χ1) is 14.8. The van der Waals surface area contributed by atoms with E-state index in [1.165, 1.54) is 0 Å². The summed E-state index contributed by atoms with van der Waals surface area (Å²) in [5.74, 6) is -0.309. The average Bonchev–Trinajstić information content (AvgIpc) is 2.72. The molecule has 2 rings (SSSR count). The molecule has 0 aliphatic heterocycles. The van der Waals surface area contributed by atoms with Crippen molar-refractivity contribution in [1.29, 1.82) is 5.26 Å². The Hall–Kier alpha value is -3.37. The molecule has 0 fully saturated rings. The molecule has 2 amide bonds. The lowest BCUT2D eigenvalue weighted by Crippen LogP contribution is -2.49. The number of ether oxygens (including phenoxy) is 2. The summed E-state index contributed by atoms with van der Waals surface area (Å²) in [6, 6.07) is 17.9. The highest BCUT2D eigenvalue weighted by Gasteiger charge is 2.24. The Morgan fingerprint density at radius 1 is 1.03 bits per heavy atom. The molecule has 0 saturated heterocycles. The molecule has 2 aromatic rings. The molecule has 0 radical (unpaired) electrons. The number of hydrogen-bond acceptors (Lipinski definition) is 5. The third kappa shape index (κ3) is 9.32. The first-order valence-electron chi connectivity index (χ1n) is 10.1. The van der Waals surface area contributed by atoms with Crippen molar-refractivity contribution in [1.82, 2.24) is 10.6 Å². The molecule has 0 spiro atoms. The lowest BCUT2D eigenvalue weighted by molar-refractivity contribution is -0.123. The van der Waals surface area contributed by atoms with E-state index >= 15 is 0 Å². The molecule has 7 nitrogen and oxygen atoms in total. The van der Waals surface area contributed by atoms with Gasteiger partial charge in [0.25, 0.3) is 0 Å². The van der Waals surface area contributed by atoms with Gasteiger partial charge >= 0.3 is 6.09 Å². The van der Waals surface area contributed by atoms with Crippen molar-refractivity contribution in [3.05, 3.63) is 71.3 Å². The number of amides is 2. The van der Waals surface area contributed by atoms with E-state index in [2.05, 4.69) is 16.7 Å². The zero-order chi connectivity index (χ0) is 22.7. The molecule has 2 aromatic carbocycles. The number of carbonyl (C=O) groups is 2. The summed E-state index contributed by atoms with van der Waals surface area (Å²) >= 11 is 0. The fourth-order valence-electron chi connectivity index (χ4n) is 2.74. The highest BCUT2D eigenvalue weighted by molar-refractivity contribution is 5.86. The number of nitriles is 1. The van der Waals surface area contributed by atoms with Crippen molar-refractivity contribution in [3.63, 3.8) is 0 Å². The number of rotatable bonds is 9. The van der Waals surface area contributed by atoms with Gasteiger partial charge in [-0.05, 0) is 44.0 Å². The number of carbonyl (C=O) groups excluding carboxylic acids is 2. The molecule has 2 N–H and O–H groups in total. The van der Waals surface area contributed by atoms with Crippen LogP contribution in [0.25, 0.3) is 0 Å². The SMILES string of the molecule is CC(C)(C)OC(=O)N[C@@H](Cc1ccccc1)C(=O)NCCOCc1ccc(C#N)cc1. The van der Waals surface area contributed by atoms with E-state index < -0.39 is 17.7 Å². The molecule has 0 aliphatic carbocycles. The Balaban J connectivity index is 1.84. The molecule has 0 bridgehead atoms. The second kappa shape index (κ2) is 11.7. The second-order valence-corrected chi connectivity index (χ2v) is 8.04. The monoisotopic (exact) mass is 423 g/mol. The molecule has 0 aliphatic rings. The summed E-state index contributed by atoms with van der Waals surface area (Å²) < 4.78 is 10.9. The van der Waals surface area contributed by atoms with E-state index in [0.717, 1.165) is 11.1 Å². The standard InChI is InChI=1S/C24H29N3O4/c1-24(2,3)31-23(29)27-21(15-18-7-5-4-6-8-18)22(28)26-13-14-30-17-20-11-9-19(16-25)10-12-20/h4-12,21H,13-15,17H2,1-3H3,(H,26,28)(H,27,29)/t21-/m0/s1. The predicted molar refractivity (Wildman–Crippen MR) is 117 cm³/mol. The Kier molecular flexibility index (Phi) is 9.04. The maximum absolute atomic E-state index is 12.7. The third-order valence-electron chi connectivity index (χ3n) is 4.19. The molecular formula is C24H29N3O4. The van der Waals surface area contributed by atoms with E-state index in [1.807, 2.05) is 42.5 Å². The van der Waals surface area contributed by atoms with Crippen LogP contribution in [0.5, 0.6) is 0 Å². The summed E-state index contributed by atoms with van der Waals surface area (Å²) in [5.41, 5.74) is 1.81. The van der Waals surface area contributed by atoms with E-state index in [9.17, 15) is 9.59 Å². The van der Waals surface area contributed by atoms with Crippen LogP contribution in [0, 0.1) is 11.3 Å². The van der Waals surface area contributed by atoms with E-state index in [0.29, 0.717) is 31.7 Å². The molecule has 164 valence electrons. The summed E-state index contributed by atoms with van der Waals surface area (Å²) in [5, 5.41) is 14.3. The zero-order valence-corrected chi connectivity index (χ0v) is 18.2. The molecule has 31 heavy (non-hydrogen) atoms. The van der Waals surface area contributed by atoms with Crippen LogP contribution in [0.4, 0.5) is 4.79 Å². The molecule has 1 atom stereocenters. The Labute approximate surface area is 183 Å². The normalized spacial score (nSPS) is 11.8. The summed E-state index contributed by atoms with van der Waals surface area (Å²) in [6.45, 7) is 6.30. The van der Waals surface area contributed by atoms with Crippen LogP contribution in [0.1, 0.15) is 37.5 Å². The molecule has 0 saturated carbocycles. The number of benzene rings is 2. The molecular weight excluding hydrogens is 394 g/mol. The maximum Gasteiger partial charge on any atom is 0.408 e. The van der Waals surface area contributed by atoms with Crippen LogP contribution in [-0.4, -0.2) is 36.8 Å². The second-order valence-electron chi connectivity index (χ2n) is 8.04. The minimum atomic E-state index is -0.768. The van der Waals surface area contributed by atoms with E-state index in [1.54, 1.807) is 32.9 Å². The Morgan fingerprint density at radius 2 is 1.71 bits per heavy atom. The van der Waals surface area contributed by atoms with Crippen LogP contribution in [0.15, 0.2) is 54.6 Å². The van der Waals surface area contributed by atoms with Gasteiger partial charge in [0.2, 0.25) is 5.91 Å². The summed E-state index contributed by atoms with van der Waals surface area (Å²) in [4.78, 5) is 24.9. The van der Waals surface area contributed by atoms with Crippen molar-refractivity contribution in [3.8, 4) is 6.07 Å².